The molecule has 3 rings (SSSR count). The summed E-state index contributed by atoms with van der Waals surface area (Å²) in [4.78, 5) is 35.2. The Balaban J connectivity index is 0.000000155. The van der Waals surface area contributed by atoms with Crippen LogP contribution in [0.3, 0.4) is 0 Å². The van der Waals surface area contributed by atoms with Crippen LogP contribution < -0.4 is 11.3 Å². The number of carbonyl (C=O) groups is 1. The number of rotatable bonds is 1. The Kier molecular flexibility index (Phi) is 4.20. The first-order chi connectivity index (χ1) is 10.1. The molecule has 0 saturated heterocycles. The van der Waals surface area contributed by atoms with Crippen molar-refractivity contribution in [1.82, 2.24) is 19.9 Å². The maximum absolute atomic E-state index is 11.0. The van der Waals surface area contributed by atoms with Crippen LogP contribution in [-0.2, 0) is 0 Å². The van der Waals surface area contributed by atoms with Gasteiger partial charge in [0.05, 0.1) is 11.7 Å². The maximum Gasteiger partial charge on any atom is 0.339 e. The summed E-state index contributed by atoms with van der Waals surface area (Å²) >= 11 is 0. The van der Waals surface area contributed by atoms with Crippen molar-refractivity contribution in [3.05, 3.63) is 58.9 Å². The van der Waals surface area contributed by atoms with Gasteiger partial charge < -0.3 is 15.8 Å². The van der Waals surface area contributed by atoms with Crippen molar-refractivity contribution in [2.45, 2.75) is 0 Å². The van der Waals surface area contributed by atoms with E-state index >= 15 is 0 Å². The number of nitrogens with one attached hydrogen (secondary N) is 1. The van der Waals surface area contributed by atoms with E-state index in [1.54, 1.807) is 18.3 Å². The van der Waals surface area contributed by atoms with Crippen LogP contribution in [0.15, 0.2) is 47.8 Å². The van der Waals surface area contributed by atoms with Crippen LogP contribution in [0.4, 0.5) is 5.82 Å². The number of carboxylic acids is 1. The van der Waals surface area contributed by atoms with Gasteiger partial charge in [0.2, 0.25) is 0 Å². The fourth-order valence-electron chi connectivity index (χ4n) is 1.51. The molecule has 0 saturated carbocycles. The zero-order valence-electron chi connectivity index (χ0n) is 10.7. The molecule has 106 valence electrons. The smallest absolute Gasteiger partial charge is 0.339 e. The number of aromatic carboxylic acids is 1. The van der Waals surface area contributed by atoms with Crippen molar-refractivity contribution in [2.75, 3.05) is 5.73 Å². The Morgan fingerprint density at radius 3 is 2.48 bits per heavy atom. The predicted octanol–water partition coefficient (Wildman–Crippen LogP) is 0.680. The van der Waals surface area contributed by atoms with Gasteiger partial charge in [-0.2, -0.15) is 0 Å². The molecule has 0 radical (unpaired) electrons. The van der Waals surface area contributed by atoms with Gasteiger partial charge in [-0.25, -0.2) is 19.7 Å². The van der Waals surface area contributed by atoms with E-state index in [0.717, 1.165) is 0 Å². The van der Waals surface area contributed by atoms with Crippen molar-refractivity contribution >= 4 is 22.8 Å². The molecule has 0 unspecified atom stereocenters. The highest BCUT2D eigenvalue weighted by Crippen LogP contribution is 2.05. The summed E-state index contributed by atoms with van der Waals surface area (Å²) in [5.74, 6) is -0.999. The van der Waals surface area contributed by atoms with E-state index in [4.69, 9.17) is 10.8 Å². The quantitative estimate of drug-likeness (QED) is 0.598. The molecule has 4 N–H and O–H groups in total. The number of fused-ring (bicyclic) bond motifs is 1. The molecule has 8 nitrogen and oxygen atoms in total. The minimum absolute atomic E-state index is 0.0440. The molecule has 0 amide bonds. The first-order valence-electron chi connectivity index (χ1n) is 5.82. The molecule has 8 heteroatoms. The van der Waals surface area contributed by atoms with Crippen LogP contribution in [-0.4, -0.2) is 31.0 Å². The SMILES string of the molecule is Nc1ncccc1C(=O)O.O=c1[nH]cnc2ncccc12. The largest absolute Gasteiger partial charge is 0.478 e. The molecule has 0 aliphatic carbocycles. The molecule has 0 fully saturated rings. The first kappa shape index (κ1) is 14.1. The molecular weight excluding hydrogens is 274 g/mol. The number of anilines is 1. The van der Waals surface area contributed by atoms with E-state index in [9.17, 15) is 9.59 Å². The molecule has 0 spiro atoms. The molecule has 0 aromatic carbocycles. The lowest BCUT2D eigenvalue weighted by molar-refractivity contribution is 0.0697. The molecule has 0 aliphatic rings. The van der Waals surface area contributed by atoms with Crippen LogP contribution in [0, 0.1) is 0 Å². The number of hydrogen-bond donors (Lipinski definition) is 3. The third-order valence-electron chi connectivity index (χ3n) is 2.48. The third kappa shape index (κ3) is 3.38. The Bertz CT molecular complexity index is 826. The summed E-state index contributed by atoms with van der Waals surface area (Å²) in [6.45, 7) is 0. The molecule has 3 heterocycles. The Hall–Kier alpha value is -3.29. The number of hydrogen-bond acceptors (Lipinski definition) is 6. The molecule has 21 heavy (non-hydrogen) atoms. The van der Waals surface area contributed by atoms with Crippen LogP contribution >= 0.6 is 0 Å². The predicted molar refractivity (Wildman–Crippen MR) is 75.8 cm³/mol. The van der Waals surface area contributed by atoms with Crippen molar-refractivity contribution in [2.24, 2.45) is 0 Å². The molecular formula is C13H11N5O3. The first-order valence-corrected chi connectivity index (χ1v) is 5.82. The van der Waals surface area contributed by atoms with Crippen LogP contribution in [0.1, 0.15) is 10.4 Å². The Labute approximate surface area is 118 Å². The van der Waals surface area contributed by atoms with Gasteiger partial charge in [-0.1, -0.05) is 0 Å². The van der Waals surface area contributed by atoms with Crippen LogP contribution in [0.25, 0.3) is 11.0 Å². The number of aromatic nitrogens is 4. The van der Waals surface area contributed by atoms with Gasteiger partial charge in [0, 0.05) is 12.4 Å². The van der Waals surface area contributed by atoms with E-state index in [1.807, 2.05) is 0 Å². The number of carboxylic acid groups (broad SMARTS) is 1. The summed E-state index contributed by atoms with van der Waals surface area (Å²) in [6.07, 6.45) is 4.40. The zero-order chi connectivity index (χ0) is 15.2. The van der Waals surface area contributed by atoms with E-state index in [1.165, 1.54) is 24.7 Å². The number of aromatic amines is 1. The second-order valence-corrected chi connectivity index (χ2v) is 3.85. The lowest BCUT2D eigenvalue weighted by Gasteiger charge is -1.95. The summed E-state index contributed by atoms with van der Waals surface area (Å²) in [7, 11) is 0. The average molecular weight is 285 g/mol. The van der Waals surface area contributed by atoms with Gasteiger partial charge in [0.25, 0.3) is 5.56 Å². The summed E-state index contributed by atoms with van der Waals surface area (Å²) in [5, 5.41) is 8.97. The van der Waals surface area contributed by atoms with Crippen molar-refractivity contribution < 1.29 is 9.90 Å². The molecule has 0 atom stereocenters. The van der Waals surface area contributed by atoms with Crippen molar-refractivity contribution in [3.63, 3.8) is 0 Å². The van der Waals surface area contributed by atoms with Gasteiger partial charge in [-0.3, -0.25) is 4.79 Å². The second-order valence-electron chi connectivity index (χ2n) is 3.85. The Morgan fingerprint density at radius 2 is 1.86 bits per heavy atom. The van der Waals surface area contributed by atoms with E-state index in [-0.39, 0.29) is 16.9 Å². The summed E-state index contributed by atoms with van der Waals surface area (Å²) < 4.78 is 0. The fraction of sp³-hybridized carbons (Fsp3) is 0. The number of H-pyrrole nitrogens is 1. The summed E-state index contributed by atoms with van der Waals surface area (Å²) in [5.41, 5.74) is 5.61. The van der Waals surface area contributed by atoms with Crippen LogP contribution in [0.5, 0.6) is 0 Å². The number of nitrogens with zero attached hydrogens (tertiary/aromatic N) is 3. The normalized spacial score (nSPS) is 9.71. The number of nitrogens with two attached hydrogens (primary N) is 1. The standard InChI is InChI=1S/C7H5N3O.C6H6N2O2/c11-7-5-2-1-3-8-6(5)9-4-10-7;7-5-4(6(9)10)2-1-3-8-5/h1-4H,(H,8,9,10,11);1-3H,(H2,7,8)(H,9,10). The van der Waals surface area contributed by atoms with E-state index < -0.39 is 5.97 Å². The van der Waals surface area contributed by atoms with E-state index in [0.29, 0.717) is 11.0 Å². The number of nitrogen functional groups attached to an aromatic ring is 1. The van der Waals surface area contributed by atoms with E-state index in [2.05, 4.69) is 19.9 Å². The topological polar surface area (TPSA) is 135 Å². The monoisotopic (exact) mass is 285 g/mol. The zero-order valence-corrected chi connectivity index (χ0v) is 10.7. The van der Waals surface area contributed by atoms with Gasteiger partial charge in [0.1, 0.15) is 11.4 Å². The third-order valence-corrected chi connectivity index (χ3v) is 2.48. The lowest BCUT2D eigenvalue weighted by atomic mass is 10.3. The van der Waals surface area contributed by atoms with Gasteiger partial charge in [-0.05, 0) is 24.3 Å². The highest BCUT2D eigenvalue weighted by Gasteiger charge is 2.05. The van der Waals surface area contributed by atoms with Crippen molar-refractivity contribution in [1.29, 1.82) is 0 Å². The highest BCUT2D eigenvalue weighted by atomic mass is 16.4. The minimum atomic E-state index is -1.05. The van der Waals surface area contributed by atoms with Gasteiger partial charge in [0.15, 0.2) is 5.65 Å². The van der Waals surface area contributed by atoms with Crippen molar-refractivity contribution in [3.8, 4) is 0 Å². The highest BCUT2D eigenvalue weighted by molar-refractivity contribution is 5.92. The maximum atomic E-state index is 11.0. The van der Waals surface area contributed by atoms with Gasteiger partial charge >= 0.3 is 5.97 Å². The summed E-state index contributed by atoms with van der Waals surface area (Å²) in [6, 6.07) is 6.33. The average Bonchev–Trinajstić information content (AvgIpc) is 2.49. The molecule has 3 aromatic heterocycles. The van der Waals surface area contributed by atoms with Gasteiger partial charge in [-0.15, -0.1) is 0 Å². The lowest BCUT2D eigenvalue weighted by Crippen LogP contribution is -2.06. The Morgan fingerprint density at radius 1 is 1.14 bits per heavy atom. The molecule has 0 bridgehead atoms. The molecule has 3 aromatic rings. The fourth-order valence-corrected chi connectivity index (χ4v) is 1.51. The van der Waals surface area contributed by atoms with Crippen LogP contribution in [0.2, 0.25) is 0 Å². The molecule has 0 aliphatic heterocycles. The second kappa shape index (κ2) is 6.24. The minimum Gasteiger partial charge on any atom is -0.478 e. The number of pyridine rings is 2.